The van der Waals surface area contributed by atoms with Gasteiger partial charge >= 0.3 is 5.97 Å². The molecule has 2 aliphatic heterocycles. The molecule has 0 aromatic heterocycles. The summed E-state index contributed by atoms with van der Waals surface area (Å²) in [5, 5.41) is 9.51. The summed E-state index contributed by atoms with van der Waals surface area (Å²) in [5.41, 5.74) is -0.640. The van der Waals surface area contributed by atoms with Crippen molar-refractivity contribution in [1.29, 1.82) is 0 Å². The molecule has 0 radical (unpaired) electrons. The quantitative estimate of drug-likeness (QED) is 0.773. The molecular weight excluding hydrogens is 206 g/mol. The lowest BCUT2D eigenvalue weighted by molar-refractivity contribution is -0.160. The highest BCUT2D eigenvalue weighted by Crippen LogP contribution is 2.32. The average Bonchev–Trinajstić information content (AvgIpc) is 2.30. The van der Waals surface area contributed by atoms with E-state index in [-0.39, 0.29) is 0 Å². The largest absolute Gasteiger partial charge is 0.480 e. The lowest BCUT2D eigenvalue weighted by Crippen LogP contribution is -2.59. The zero-order chi connectivity index (χ0) is 11.6. The van der Waals surface area contributed by atoms with Gasteiger partial charge in [0.2, 0.25) is 0 Å². The molecule has 0 atom stereocenters. The van der Waals surface area contributed by atoms with Gasteiger partial charge in [0.15, 0.2) is 0 Å². The average molecular weight is 227 g/mol. The van der Waals surface area contributed by atoms with Crippen LogP contribution < -0.4 is 0 Å². The lowest BCUT2D eigenvalue weighted by atomic mass is 9.85. The highest BCUT2D eigenvalue weighted by molar-refractivity contribution is 5.79. The van der Waals surface area contributed by atoms with Gasteiger partial charge in [-0.1, -0.05) is 6.92 Å². The number of carboxylic acid groups (broad SMARTS) is 1. The van der Waals surface area contributed by atoms with Crippen molar-refractivity contribution >= 4 is 5.97 Å². The summed E-state index contributed by atoms with van der Waals surface area (Å²) in [6, 6.07) is 0. The van der Waals surface area contributed by atoms with Crippen LogP contribution in [0.4, 0.5) is 0 Å². The molecule has 0 unspecified atom stereocenters. The van der Waals surface area contributed by atoms with Gasteiger partial charge in [-0.2, -0.15) is 0 Å². The first kappa shape index (κ1) is 11.9. The molecule has 4 heteroatoms. The molecule has 0 spiro atoms. The summed E-state index contributed by atoms with van der Waals surface area (Å²) in [6.07, 6.45) is 3.51. The van der Waals surface area contributed by atoms with Crippen molar-refractivity contribution < 1.29 is 14.6 Å². The normalized spacial score (nSPS) is 27.8. The fourth-order valence-corrected chi connectivity index (χ4v) is 2.81. The highest BCUT2D eigenvalue weighted by Gasteiger charge is 2.45. The minimum absolute atomic E-state index is 0.582. The van der Waals surface area contributed by atoms with Crippen molar-refractivity contribution in [3.05, 3.63) is 0 Å². The molecule has 0 bridgehead atoms. The summed E-state index contributed by atoms with van der Waals surface area (Å²) >= 11 is 0. The van der Waals surface area contributed by atoms with Gasteiger partial charge < -0.3 is 9.84 Å². The molecule has 0 aromatic carbocycles. The minimum atomic E-state index is -0.662. The van der Waals surface area contributed by atoms with Gasteiger partial charge in [-0.3, -0.25) is 9.69 Å². The number of hydrogen-bond acceptors (Lipinski definition) is 3. The van der Waals surface area contributed by atoms with Crippen LogP contribution in [0.15, 0.2) is 0 Å². The van der Waals surface area contributed by atoms with Gasteiger partial charge in [0, 0.05) is 13.2 Å². The Morgan fingerprint density at radius 3 is 2.38 bits per heavy atom. The van der Waals surface area contributed by atoms with E-state index in [2.05, 4.69) is 11.8 Å². The smallest absolute Gasteiger partial charge is 0.324 e. The monoisotopic (exact) mass is 227 g/mol. The molecule has 16 heavy (non-hydrogen) atoms. The number of nitrogens with zero attached hydrogens (tertiary/aromatic N) is 1. The van der Waals surface area contributed by atoms with Crippen molar-refractivity contribution in [3.63, 3.8) is 0 Å². The Kier molecular flexibility index (Phi) is 3.50. The Morgan fingerprint density at radius 2 is 1.88 bits per heavy atom. The lowest BCUT2D eigenvalue weighted by Gasteiger charge is -2.45. The van der Waals surface area contributed by atoms with Crippen molar-refractivity contribution in [2.24, 2.45) is 5.92 Å². The zero-order valence-electron chi connectivity index (χ0n) is 9.95. The Bertz CT molecular complexity index is 253. The Morgan fingerprint density at radius 1 is 1.31 bits per heavy atom. The Balaban J connectivity index is 2.09. The van der Waals surface area contributed by atoms with Crippen LogP contribution in [0.3, 0.4) is 0 Å². The molecule has 2 heterocycles. The number of piperidine rings is 1. The first-order valence-electron chi connectivity index (χ1n) is 6.21. The second-order valence-corrected chi connectivity index (χ2v) is 5.12. The van der Waals surface area contributed by atoms with Gasteiger partial charge in [-0.25, -0.2) is 0 Å². The van der Waals surface area contributed by atoms with Gasteiger partial charge in [-0.05, 0) is 44.7 Å². The van der Waals surface area contributed by atoms with Crippen LogP contribution >= 0.6 is 0 Å². The van der Waals surface area contributed by atoms with Gasteiger partial charge in [0.05, 0.1) is 0 Å². The molecule has 0 saturated carbocycles. The zero-order valence-corrected chi connectivity index (χ0v) is 9.95. The maximum atomic E-state index is 11.6. The van der Waals surface area contributed by atoms with Crippen LogP contribution in [0.5, 0.6) is 0 Å². The first-order valence-corrected chi connectivity index (χ1v) is 6.21. The minimum Gasteiger partial charge on any atom is -0.480 e. The van der Waals surface area contributed by atoms with E-state index in [9.17, 15) is 9.90 Å². The number of hydrogen-bond donors (Lipinski definition) is 1. The predicted octanol–water partition coefficient (Wildman–Crippen LogP) is 1.35. The van der Waals surface area contributed by atoms with E-state index in [0.29, 0.717) is 26.1 Å². The summed E-state index contributed by atoms with van der Waals surface area (Å²) < 4.78 is 5.30. The van der Waals surface area contributed by atoms with Crippen LogP contribution in [-0.2, 0) is 9.53 Å². The van der Waals surface area contributed by atoms with Gasteiger partial charge in [-0.15, -0.1) is 0 Å². The van der Waals surface area contributed by atoms with E-state index < -0.39 is 11.5 Å². The number of aliphatic carboxylic acids is 1. The number of rotatable bonds is 2. The topological polar surface area (TPSA) is 49.8 Å². The van der Waals surface area contributed by atoms with Crippen LogP contribution in [0.2, 0.25) is 0 Å². The summed E-state index contributed by atoms with van der Waals surface area (Å²) in [4.78, 5) is 13.7. The number of carboxylic acids is 1. The standard InChI is InChI=1S/C12H21NO3/c1-10-2-6-13(7-3-10)12(11(14)15)4-8-16-9-5-12/h10H,2-9H2,1H3,(H,14,15). The maximum absolute atomic E-state index is 11.6. The van der Waals surface area contributed by atoms with Crippen molar-refractivity contribution in [2.75, 3.05) is 26.3 Å². The summed E-state index contributed by atoms with van der Waals surface area (Å²) in [5.74, 6) is 0.0762. The van der Waals surface area contributed by atoms with Crippen molar-refractivity contribution in [1.82, 2.24) is 4.90 Å². The third-order valence-corrected chi connectivity index (χ3v) is 4.11. The third-order valence-electron chi connectivity index (χ3n) is 4.11. The summed E-state index contributed by atoms with van der Waals surface area (Å²) in [7, 11) is 0. The van der Waals surface area contributed by atoms with Crippen LogP contribution in [0, 0.1) is 5.92 Å². The van der Waals surface area contributed by atoms with Crippen LogP contribution in [0.1, 0.15) is 32.6 Å². The molecular formula is C12H21NO3. The van der Waals surface area contributed by atoms with Crippen LogP contribution in [-0.4, -0.2) is 47.8 Å². The Labute approximate surface area is 96.6 Å². The van der Waals surface area contributed by atoms with Crippen molar-refractivity contribution in [3.8, 4) is 0 Å². The van der Waals surface area contributed by atoms with Crippen molar-refractivity contribution in [2.45, 2.75) is 38.1 Å². The molecule has 4 nitrogen and oxygen atoms in total. The maximum Gasteiger partial charge on any atom is 0.324 e. The van der Waals surface area contributed by atoms with Crippen LogP contribution in [0.25, 0.3) is 0 Å². The molecule has 1 N–H and O–H groups in total. The van der Waals surface area contributed by atoms with E-state index in [1.165, 1.54) is 0 Å². The molecule has 0 aliphatic carbocycles. The second-order valence-electron chi connectivity index (χ2n) is 5.12. The fourth-order valence-electron chi connectivity index (χ4n) is 2.81. The molecule has 2 aliphatic rings. The molecule has 0 aromatic rings. The summed E-state index contributed by atoms with van der Waals surface area (Å²) in [6.45, 7) is 5.26. The predicted molar refractivity (Wildman–Crippen MR) is 60.4 cm³/mol. The van der Waals surface area contributed by atoms with E-state index in [1.54, 1.807) is 0 Å². The molecule has 2 saturated heterocycles. The SMILES string of the molecule is CC1CCN(C2(C(=O)O)CCOCC2)CC1. The van der Waals surface area contributed by atoms with E-state index in [4.69, 9.17) is 4.74 Å². The third kappa shape index (κ3) is 2.09. The molecule has 0 amide bonds. The second kappa shape index (κ2) is 4.72. The van der Waals surface area contributed by atoms with Gasteiger partial charge in [0.25, 0.3) is 0 Å². The van der Waals surface area contributed by atoms with E-state index >= 15 is 0 Å². The van der Waals surface area contributed by atoms with Gasteiger partial charge in [0.1, 0.15) is 5.54 Å². The van der Waals surface area contributed by atoms with E-state index in [1.807, 2.05) is 0 Å². The fraction of sp³-hybridized carbons (Fsp3) is 0.917. The molecule has 2 rings (SSSR count). The van der Waals surface area contributed by atoms with E-state index in [0.717, 1.165) is 31.8 Å². The number of ether oxygens (including phenoxy) is 1. The molecule has 2 fully saturated rings. The Hall–Kier alpha value is -0.610. The number of likely N-dealkylation sites (tertiary alicyclic amines) is 1. The first-order chi connectivity index (χ1) is 7.65. The highest BCUT2D eigenvalue weighted by atomic mass is 16.5. The molecule has 92 valence electrons. The number of carbonyl (C=O) groups is 1.